The molecule has 0 aliphatic carbocycles. The van der Waals surface area contributed by atoms with Gasteiger partial charge < -0.3 is 19.9 Å². The van der Waals surface area contributed by atoms with Crippen molar-refractivity contribution in [1.82, 2.24) is 0 Å². The van der Waals surface area contributed by atoms with Crippen molar-refractivity contribution in [2.45, 2.75) is 0 Å². The maximum Gasteiger partial charge on any atom is 0.339 e. The summed E-state index contributed by atoms with van der Waals surface area (Å²) in [5, 5.41) is 13.4. The van der Waals surface area contributed by atoms with Gasteiger partial charge in [0, 0.05) is 10.4 Å². The smallest absolute Gasteiger partial charge is 0.339 e. The number of hydrogen-bond donors (Lipinski definition) is 2. The van der Waals surface area contributed by atoms with Crippen molar-refractivity contribution >= 4 is 57.5 Å². The van der Waals surface area contributed by atoms with Gasteiger partial charge in [-0.05, 0) is 41.8 Å². The third-order valence-corrected chi connectivity index (χ3v) is 4.66. The van der Waals surface area contributed by atoms with Crippen molar-refractivity contribution in [2.75, 3.05) is 19.0 Å². The fraction of sp³-hybridized carbons (Fsp3) is 0.0952. The second-order valence-corrected chi connectivity index (χ2v) is 6.98. The minimum atomic E-state index is -1.17. The number of amides is 1. The molecule has 3 rings (SSSR count). The molecule has 0 bridgehead atoms. The molecular formula is C21H15Cl2NO6. The lowest BCUT2D eigenvalue weighted by Crippen LogP contribution is -2.22. The summed E-state index contributed by atoms with van der Waals surface area (Å²) in [7, 11) is 1.24. The van der Waals surface area contributed by atoms with Crippen LogP contribution in [-0.4, -0.2) is 36.7 Å². The zero-order valence-corrected chi connectivity index (χ0v) is 17.1. The highest BCUT2D eigenvalue weighted by atomic mass is 35.5. The molecule has 9 heteroatoms. The molecule has 30 heavy (non-hydrogen) atoms. The normalized spacial score (nSPS) is 10.5. The molecule has 154 valence electrons. The van der Waals surface area contributed by atoms with Gasteiger partial charge >= 0.3 is 11.9 Å². The Morgan fingerprint density at radius 3 is 2.50 bits per heavy atom. The van der Waals surface area contributed by atoms with E-state index in [-0.39, 0.29) is 27.6 Å². The van der Waals surface area contributed by atoms with Crippen LogP contribution in [0.3, 0.4) is 0 Å². The number of rotatable bonds is 6. The Kier molecular flexibility index (Phi) is 6.44. The van der Waals surface area contributed by atoms with E-state index in [0.717, 1.165) is 0 Å². The van der Waals surface area contributed by atoms with Crippen LogP contribution >= 0.6 is 23.2 Å². The minimum absolute atomic E-state index is 0.0488. The van der Waals surface area contributed by atoms with Gasteiger partial charge in [0.1, 0.15) is 5.75 Å². The van der Waals surface area contributed by atoms with Crippen LogP contribution in [0, 0.1) is 0 Å². The zero-order chi connectivity index (χ0) is 21.8. The first-order valence-corrected chi connectivity index (χ1v) is 9.32. The summed E-state index contributed by atoms with van der Waals surface area (Å²) in [5.74, 6) is -2.22. The number of halogens is 2. The fourth-order valence-corrected chi connectivity index (χ4v) is 3.44. The summed E-state index contributed by atoms with van der Waals surface area (Å²) >= 11 is 12.3. The molecule has 0 atom stereocenters. The van der Waals surface area contributed by atoms with E-state index < -0.39 is 24.5 Å². The van der Waals surface area contributed by atoms with E-state index >= 15 is 0 Å². The zero-order valence-electron chi connectivity index (χ0n) is 15.6. The number of ether oxygens (including phenoxy) is 2. The van der Waals surface area contributed by atoms with Crippen LogP contribution in [0.5, 0.6) is 5.75 Å². The number of aromatic carboxylic acids is 1. The molecule has 0 aliphatic rings. The molecular weight excluding hydrogens is 433 g/mol. The van der Waals surface area contributed by atoms with Gasteiger partial charge in [0.15, 0.2) is 6.61 Å². The first-order valence-electron chi connectivity index (χ1n) is 8.56. The number of benzene rings is 3. The summed E-state index contributed by atoms with van der Waals surface area (Å²) in [4.78, 5) is 35.6. The van der Waals surface area contributed by atoms with Crippen molar-refractivity contribution in [3.8, 4) is 5.75 Å². The standard InChI is InChI=1S/C21H15Cl2NO6/c1-29-21(28)14-4-2-3-5-16(14)24-18(25)10-30-17-8-12(20(26)27)6-11-7-13(22)9-15(23)19(11)17/h2-9H,10H2,1H3,(H,24,25)(H,26,27). The van der Waals surface area contributed by atoms with Crippen LogP contribution in [0.15, 0.2) is 48.5 Å². The quantitative estimate of drug-likeness (QED) is 0.533. The molecule has 7 nitrogen and oxygen atoms in total. The SMILES string of the molecule is COC(=O)c1ccccc1NC(=O)COc1cc(C(=O)O)cc2cc(Cl)cc(Cl)c12. The highest BCUT2D eigenvalue weighted by Crippen LogP contribution is 2.36. The maximum absolute atomic E-state index is 12.4. The van der Waals surface area contributed by atoms with E-state index in [0.29, 0.717) is 15.8 Å². The summed E-state index contributed by atoms with van der Waals surface area (Å²) < 4.78 is 10.3. The second-order valence-electron chi connectivity index (χ2n) is 6.14. The minimum Gasteiger partial charge on any atom is -0.483 e. The van der Waals surface area contributed by atoms with Crippen LogP contribution in [0.25, 0.3) is 10.8 Å². The Labute approximate surface area is 181 Å². The molecule has 3 aromatic rings. The van der Waals surface area contributed by atoms with Gasteiger partial charge in [-0.3, -0.25) is 4.79 Å². The van der Waals surface area contributed by atoms with Gasteiger partial charge in [-0.15, -0.1) is 0 Å². The maximum atomic E-state index is 12.4. The van der Waals surface area contributed by atoms with Crippen LogP contribution in [-0.2, 0) is 9.53 Å². The summed E-state index contributed by atoms with van der Waals surface area (Å²) in [6.07, 6.45) is 0. The number of esters is 1. The van der Waals surface area contributed by atoms with E-state index in [1.807, 2.05) is 0 Å². The number of carboxylic acids is 1. The molecule has 3 aromatic carbocycles. The Morgan fingerprint density at radius 1 is 1.07 bits per heavy atom. The van der Waals surface area contributed by atoms with Crippen molar-refractivity contribution in [2.24, 2.45) is 0 Å². The molecule has 0 unspecified atom stereocenters. The molecule has 0 saturated carbocycles. The van der Waals surface area contributed by atoms with Gasteiger partial charge in [-0.1, -0.05) is 35.3 Å². The molecule has 0 aliphatic heterocycles. The Morgan fingerprint density at radius 2 is 1.80 bits per heavy atom. The van der Waals surface area contributed by atoms with Crippen LogP contribution in [0.4, 0.5) is 5.69 Å². The molecule has 0 fully saturated rings. The largest absolute Gasteiger partial charge is 0.483 e. The number of methoxy groups -OCH3 is 1. The Hall–Kier alpha value is -3.29. The lowest BCUT2D eigenvalue weighted by molar-refractivity contribution is -0.118. The number of para-hydroxylation sites is 1. The topological polar surface area (TPSA) is 102 Å². The van der Waals surface area contributed by atoms with E-state index in [2.05, 4.69) is 5.32 Å². The van der Waals surface area contributed by atoms with Crippen LogP contribution in [0.1, 0.15) is 20.7 Å². The molecule has 0 aromatic heterocycles. The monoisotopic (exact) mass is 447 g/mol. The van der Waals surface area contributed by atoms with Crippen molar-refractivity contribution in [3.05, 3.63) is 69.7 Å². The molecule has 0 radical (unpaired) electrons. The van der Waals surface area contributed by atoms with Crippen molar-refractivity contribution in [3.63, 3.8) is 0 Å². The fourth-order valence-electron chi connectivity index (χ4n) is 2.84. The Balaban J connectivity index is 1.86. The number of nitrogens with one attached hydrogen (secondary N) is 1. The number of fused-ring (bicyclic) bond motifs is 1. The van der Waals surface area contributed by atoms with E-state index in [4.69, 9.17) is 32.7 Å². The summed E-state index contributed by atoms with van der Waals surface area (Å²) in [6, 6.07) is 12.1. The highest BCUT2D eigenvalue weighted by Gasteiger charge is 2.17. The van der Waals surface area contributed by atoms with E-state index in [1.54, 1.807) is 24.3 Å². The lowest BCUT2D eigenvalue weighted by atomic mass is 10.1. The predicted molar refractivity (Wildman–Crippen MR) is 113 cm³/mol. The third kappa shape index (κ3) is 4.64. The predicted octanol–water partition coefficient (Wildman–Crippen LogP) is 4.65. The second kappa shape index (κ2) is 9.02. The first-order chi connectivity index (χ1) is 14.3. The van der Waals surface area contributed by atoms with Gasteiger partial charge in [0.2, 0.25) is 0 Å². The van der Waals surface area contributed by atoms with Crippen LogP contribution < -0.4 is 10.1 Å². The molecule has 0 heterocycles. The van der Waals surface area contributed by atoms with Gasteiger partial charge in [-0.2, -0.15) is 0 Å². The number of carbonyl (C=O) groups is 3. The molecule has 2 N–H and O–H groups in total. The van der Waals surface area contributed by atoms with E-state index in [9.17, 15) is 19.5 Å². The van der Waals surface area contributed by atoms with Gasteiger partial charge in [-0.25, -0.2) is 9.59 Å². The molecule has 1 amide bonds. The molecule has 0 spiro atoms. The van der Waals surface area contributed by atoms with Gasteiger partial charge in [0.25, 0.3) is 5.91 Å². The first kappa shape index (κ1) is 21.4. The number of carboxylic acid groups (broad SMARTS) is 1. The van der Waals surface area contributed by atoms with Crippen molar-refractivity contribution in [1.29, 1.82) is 0 Å². The molecule has 0 saturated heterocycles. The Bertz CT molecular complexity index is 1160. The third-order valence-electron chi connectivity index (χ3n) is 4.14. The van der Waals surface area contributed by atoms with Crippen molar-refractivity contribution < 1.29 is 29.0 Å². The average molecular weight is 448 g/mol. The lowest BCUT2D eigenvalue weighted by Gasteiger charge is -2.13. The highest BCUT2D eigenvalue weighted by molar-refractivity contribution is 6.39. The van der Waals surface area contributed by atoms with E-state index in [1.165, 1.54) is 31.4 Å². The summed E-state index contributed by atoms with van der Waals surface area (Å²) in [6.45, 7) is -0.452. The number of hydrogen-bond acceptors (Lipinski definition) is 5. The summed E-state index contributed by atoms with van der Waals surface area (Å²) in [5.41, 5.74) is 0.392. The number of carbonyl (C=O) groups excluding carboxylic acids is 2. The number of anilines is 1. The van der Waals surface area contributed by atoms with Gasteiger partial charge in [0.05, 0.1) is 28.9 Å². The average Bonchev–Trinajstić information content (AvgIpc) is 2.71. The van der Waals surface area contributed by atoms with Crippen LogP contribution in [0.2, 0.25) is 10.0 Å².